The van der Waals surface area contributed by atoms with Gasteiger partial charge in [-0.05, 0) is 12.1 Å². The van der Waals surface area contributed by atoms with Gasteiger partial charge in [-0.3, -0.25) is 9.69 Å². The third-order valence-corrected chi connectivity index (χ3v) is 2.92. The van der Waals surface area contributed by atoms with Gasteiger partial charge in [0.15, 0.2) is 0 Å². The normalized spacial score (nSPS) is 18.2. The molecule has 21 heavy (non-hydrogen) atoms. The monoisotopic (exact) mass is 305 g/mol. The summed E-state index contributed by atoms with van der Waals surface area (Å²) in [6.07, 6.45) is -5.60. The van der Waals surface area contributed by atoms with Gasteiger partial charge < -0.3 is 15.2 Å². The predicted molar refractivity (Wildman–Crippen MR) is 65.6 cm³/mol. The van der Waals surface area contributed by atoms with Crippen LogP contribution in [0.5, 0.6) is 5.88 Å². The highest BCUT2D eigenvalue weighted by Crippen LogP contribution is 2.28. The molecule has 1 aliphatic heterocycles. The number of amides is 1. The minimum Gasteiger partial charge on any atom is -0.448 e. The quantitative estimate of drug-likeness (QED) is 0.889. The highest BCUT2D eigenvalue weighted by atomic mass is 19.4. The number of hydrogen-bond acceptors (Lipinski definition) is 5. The average Bonchev–Trinajstić information content (AvgIpc) is 2.44. The molecular formula is C12H14F3N3O3. The minimum atomic E-state index is -4.64. The Morgan fingerprint density at radius 1 is 1.43 bits per heavy atom. The Morgan fingerprint density at radius 3 is 2.67 bits per heavy atom. The van der Waals surface area contributed by atoms with E-state index in [2.05, 4.69) is 4.98 Å². The van der Waals surface area contributed by atoms with Crippen LogP contribution in [-0.4, -0.2) is 54.5 Å². The van der Waals surface area contributed by atoms with E-state index in [1.54, 1.807) is 0 Å². The third-order valence-electron chi connectivity index (χ3n) is 2.92. The van der Waals surface area contributed by atoms with Crippen LogP contribution in [0.2, 0.25) is 0 Å². The molecule has 0 spiro atoms. The first kappa shape index (κ1) is 15.5. The lowest BCUT2D eigenvalue weighted by Crippen LogP contribution is -2.53. The van der Waals surface area contributed by atoms with E-state index < -0.39 is 24.2 Å². The Kier molecular flexibility index (Phi) is 4.63. The molecule has 9 heteroatoms. The zero-order chi connectivity index (χ0) is 15.5. The van der Waals surface area contributed by atoms with Crippen molar-refractivity contribution >= 4 is 5.91 Å². The van der Waals surface area contributed by atoms with Crippen LogP contribution in [0.15, 0.2) is 18.3 Å². The first-order chi connectivity index (χ1) is 9.89. The second kappa shape index (κ2) is 6.27. The molecule has 6 nitrogen and oxygen atoms in total. The molecule has 1 atom stereocenters. The molecule has 2 rings (SSSR count). The van der Waals surface area contributed by atoms with Crippen molar-refractivity contribution in [2.24, 2.45) is 5.73 Å². The molecule has 1 aliphatic rings. The van der Waals surface area contributed by atoms with Crippen LogP contribution >= 0.6 is 0 Å². The first-order valence-corrected chi connectivity index (χ1v) is 6.19. The number of nitrogens with zero attached hydrogens (tertiary/aromatic N) is 2. The van der Waals surface area contributed by atoms with Gasteiger partial charge in [-0.1, -0.05) is 0 Å². The van der Waals surface area contributed by atoms with E-state index in [0.717, 1.165) is 4.90 Å². The molecule has 0 bridgehead atoms. The summed E-state index contributed by atoms with van der Waals surface area (Å²) in [6, 6.07) is 2.65. The van der Waals surface area contributed by atoms with Crippen molar-refractivity contribution in [2.75, 3.05) is 26.3 Å². The van der Waals surface area contributed by atoms with Crippen molar-refractivity contribution in [1.29, 1.82) is 0 Å². The molecular weight excluding hydrogens is 291 g/mol. The van der Waals surface area contributed by atoms with Gasteiger partial charge in [-0.2, -0.15) is 13.2 Å². The van der Waals surface area contributed by atoms with E-state index in [0.29, 0.717) is 0 Å². The summed E-state index contributed by atoms with van der Waals surface area (Å²) < 4.78 is 49.5. The molecule has 0 aromatic carbocycles. The van der Waals surface area contributed by atoms with Crippen molar-refractivity contribution in [3.05, 3.63) is 23.9 Å². The zero-order valence-corrected chi connectivity index (χ0v) is 11.0. The first-order valence-electron chi connectivity index (χ1n) is 6.19. The molecule has 2 heterocycles. The molecule has 1 fully saturated rings. The molecule has 1 unspecified atom stereocenters. The largest absolute Gasteiger partial charge is 0.448 e. The van der Waals surface area contributed by atoms with E-state index in [-0.39, 0.29) is 31.9 Å². The summed E-state index contributed by atoms with van der Waals surface area (Å²) in [5.74, 6) is -1.33. The van der Waals surface area contributed by atoms with Crippen LogP contribution in [0.4, 0.5) is 13.2 Å². The van der Waals surface area contributed by atoms with Crippen LogP contribution in [0, 0.1) is 0 Å². The van der Waals surface area contributed by atoms with Gasteiger partial charge in [0.25, 0.3) is 12.1 Å². The van der Waals surface area contributed by atoms with Crippen molar-refractivity contribution < 1.29 is 27.4 Å². The number of primary amides is 1. The van der Waals surface area contributed by atoms with Gasteiger partial charge >= 0.3 is 6.18 Å². The predicted octanol–water partition coefficient (Wildman–Crippen LogP) is 0.780. The Morgan fingerprint density at radius 2 is 2.10 bits per heavy atom. The number of nitrogens with two attached hydrogens (primary N) is 1. The minimum absolute atomic E-state index is 0.0723. The highest BCUT2D eigenvalue weighted by molar-refractivity contribution is 5.94. The smallest absolute Gasteiger partial charge is 0.439 e. The van der Waals surface area contributed by atoms with Gasteiger partial charge in [-0.25, -0.2) is 4.98 Å². The van der Waals surface area contributed by atoms with E-state index in [1.165, 1.54) is 18.3 Å². The van der Waals surface area contributed by atoms with Gasteiger partial charge in [-0.15, -0.1) is 0 Å². The number of halogens is 3. The molecule has 2 N–H and O–H groups in total. The second-order valence-corrected chi connectivity index (χ2v) is 4.38. The number of morpholine rings is 1. The molecule has 116 valence electrons. The summed E-state index contributed by atoms with van der Waals surface area (Å²) in [5.41, 5.74) is 4.91. The Hall–Kier alpha value is -1.87. The van der Waals surface area contributed by atoms with Gasteiger partial charge in [0.05, 0.1) is 13.2 Å². The topological polar surface area (TPSA) is 77.7 Å². The molecule has 1 aromatic heterocycles. The van der Waals surface area contributed by atoms with Gasteiger partial charge in [0.1, 0.15) is 5.56 Å². The number of hydrogen-bond donors (Lipinski definition) is 1. The van der Waals surface area contributed by atoms with Crippen molar-refractivity contribution in [2.45, 2.75) is 12.4 Å². The Bertz CT molecular complexity index is 504. The van der Waals surface area contributed by atoms with Crippen molar-refractivity contribution in [3.63, 3.8) is 0 Å². The fraction of sp³-hybridized carbons (Fsp3) is 0.500. The maximum Gasteiger partial charge on any atom is 0.439 e. The summed E-state index contributed by atoms with van der Waals surface area (Å²) in [6.45, 7) is 0.507. The van der Waals surface area contributed by atoms with E-state index in [4.69, 9.17) is 15.2 Å². The lowest BCUT2D eigenvalue weighted by Gasteiger charge is -2.35. The van der Waals surface area contributed by atoms with E-state index in [9.17, 15) is 18.0 Å². The maximum atomic E-state index is 13.2. The van der Waals surface area contributed by atoms with Crippen LogP contribution in [0.3, 0.4) is 0 Å². The molecule has 1 saturated heterocycles. The number of aromatic nitrogens is 1. The molecule has 0 aliphatic carbocycles. The third kappa shape index (κ3) is 3.82. The van der Waals surface area contributed by atoms with Crippen molar-refractivity contribution in [1.82, 2.24) is 9.88 Å². The Labute approximate surface area is 118 Å². The number of ether oxygens (including phenoxy) is 2. The molecule has 0 radical (unpaired) electrons. The van der Waals surface area contributed by atoms with Crippen LogP contribution in [0.1, 0.15) is 10.4 Å². The average molecular weight is 305 g/mol. The summed E-state index contributed by atoms with van der Waals surface area (Å²) in [7, 11) is 0. The molecule has 0 saturated carbocycles. The highest BCUT2D eigenvalue weighted by Gasteiger charge is 2.47. The molecule has 1 amide bonds. The van der Waals surface area contributed by atoms with Gasteiger partial charge in [0, 0.05) is 19.3 Å². The summed E-state index contributed by atoms with van der Waals surface area (Å²) in [5, 5.41) is 0. The standard InChI is InChI=1S/C12H14F3N3O3/c13-12(14,15)11(18-4-6-20-7-5-18)21-10-8(9(16)19)2-1-3-17-10/h1-3,11H,4-7H2,(H2,16,19). The van der Waals surface area contributed by atoms with Gasteiger partial charge in [0.2, 0.25) is 5.88 Å². The molecule has 1 aromatic rings. The SMILES string of the molecule is NC(=O)c1cccnc1OC(N1CCOCC1)C(F)(F)F. The van der Waals surface area contributed by atoms with Crippen LogP contribution < -0.4 is 10.5 Å². The number of pyridine rings is 1. The maximum absolute atomic E-state index is 13.2. The zero-order valence-electron chi connectivity index (χ0n) is 11.0. The van der Waals surface area contributed by atoms with Crippen LogP contribution in [-0.2, 0) is 4.74 Å². The Balaban J connectivity index is 2.25. The van der Waals surface area contributed by atoms with Crippen molar-refractivity contribution in [3.8, 4) is 5.88 Å². The summed E-state index contributed by atoms with van der Waals surface area (Å²) >= 11 is 0. The van der Waals surface area contributed by atoms with E-state index >= 15 is 0 Å². The fourth-order valence-corrected chi connectivity index (χ4v) is 1.94. The lowest BCUT2D eigenvalue weighted by atomic mass is 10.2. The second-order valence-electron chi connectivity index (χ2n) is 4.38. The number of carbonyl (C=O) groups excluding carboxylic acids is 1. The van der Waals surface area contributed by atoms with Crippen LogP contribution in [0.25, 0.3) is 0 Å². The number of alkyl halides is 3. The summed E-state index contributed by atoms with van der Waals surface area (Å²) in [4.78, 5) is 16.0. The number of rotatable bonds is 4. The fourth-order valence-electron chi connectivity index (χ4n) is 1.94. The lowest BCUT2D eigenvalue weighted by molar-refractivity contribution is -0.247. The number of carbonyl (C=O) groups is 1. The van der Waals surface area contributed by atoms with E-state index in [1.807, 2.05) is 0 Å².